The number of likely N-dealkylation sites (N-methyl/N-ethyl adjacent to an activating group) is 2. The molecule has 6 heteroatoms. The first kappa shape index (κ1) is 19.4. The number of aromatic amines is 1. The monoisotopic (exact) mass is 361 g/mol. The van der Waals surface area contributed by atoms with Crippen molar-refractivity contribution in [2.45, 2.75) is 57.5 Å². The van der Waals surface area contributed by atoms with Crippen LogP contribution in [0.4, 0.5) is 0 Å². The van der Waals surface area contributed by atoms with Crippen molar-refractivity contribution in [2.75, 3.05) is 41.3 Å². The Labute approximate surface area is 157 Å². The Morgan fingerprint density at radius 3 is 2.69 bits per heavy atom. The highest BCUT2D eigenvalue weighted by molar-refractivity contribution is 5.78. The Hall–Kier alpha value is -1.40. The second-order valence-electron chi connectivity index (χ2n) is 8.50. The van der Waals surface area contributed by atoms with Gasteiger partial charge in [-0.3, -0.25) is 9.89 Å². The van der Waals surface area contributed by atoms with Gasteiger partial charge in [0.2, 0.25) is 5.91 Å². The van der Waals surface area contributed by atoms with Crippen molar-refractivity contribution in [2.24, 2.45) is 5.92 Å². The molecular formula is C20H35N5O. The Balaban J connectivity index is 1.63. The highest BCUT2D eigenvalue weighted by Gasteiger charge is 2.30. The third-order valence-electron chi connectivity index (χ3n) is 6.14. The molecule has 0 aromatic carbocycles. The van der Waals surface area contributed by atoms with E-state index in [1.54, 1.807) is 0 Å². The topological polar surface area (TPSA) is 55.5 Å². The van der Waals surface area contributed by atoms with E-state index in [0.717, 1.165) is 44.5 Å². The van der Waals surface area contributed by atoms with Gasteiger partial charge in [-0.25, -0.2) is 0 Å². The van der Waals surface area contributed by atoms with Crippen molar-refractivity contribution >= 4 is 5.91 Å². The largest absolute Gasteiger partial charge is 0.339 e. The standard InChI is InChI=1S/C20H35N5O/c1-23(2)16-11-10-15(12-24(3)13-16)20(26)25(4)14-19-17-8-6-5-7-9-18(17)21-22-19/h15-16H,5-14H2,1-4H3,(H,21,22)/t15-,16+/m1/s1. The normalized spacial score (nSPS) is 24.8. The average Bonchev–Trinajstić information content (AvgIpc) is 2.79. The zero-order chi connectivity index (χ0) is 18.7. The quantitative estimate of drug-likeness (QED) is 0.833. The van der Waals surface area contributed by atoms with E-state index in [2.05, 4.69) is 41.1 Å². The summed E-state index contributed by atoms with van der Waals surface area (Å²) in [5.41, 5.74) is 3.74. The van der Waals surface area contributed by atoms with Gasteiger partial charge in [0.05, 0.1) is 18.2 Å². The number of carbonyl (C=O) groups is 1. The van der Waals surface area contributed by atoms with Crippen molar-refractivity contribution in [3.8, 4) is 0 Å². The molecule has 0 unspecified atom stereocenters. The fourth-order valence-electron chi connectivity index (χ4n) is 4.48. The van der Waals surface area contributed by atoms with Crippen molar-refractivity contribution < 1.29 is 4.79 Å². The number of H-pyrrole nitrogens is 1. The molecule has 0 bridgehead atoms. The molecule has 1 aromatic rings. The van der Waals surface area contributed by atoms with E-state index >= 15 is 0 Å². The average molecular weight is 362 g/mol. The maximum Gasteiger partial charge on any atom is 0.227 e. The van der Waals surface area contributed by atoms with Crippen LogP contribution in [0.2, 0.25) is 0 Å². The van der Waals surface area contributed by atoms with Crippen LogP contribution in [0.25, 0.3) is 0 Å². The molecule has 1 amide bonds. The summed E-state index contributed by atoms with van der Waals surface area (Å²) < 4.78 is 0. The Morgan fingerprint density at radius 2 is 1.92 bits per heavy atom. The lowest BCUT2D eigenvalue weighted by atomic mass is 9.99. The summed E-state index contributed by atoms with van der Waals surface area (Å²) in [6, 6.07) is 0.533. The van der Waals surface area contributed by atoms with E-state index in [0.29, 0.717) is 12.6 Å². The smallest absolute Gasteiger partial charge is 0.227 e. The van der Waals surface area contributed by atoms with Gasteiger partial charge >= 0.3 is 0 Å². The summed E-state index contributed by atoms with van der Waals surface area (Å²) in [6.45, 7) is 2.52. The maximum atomic E-state index is 13.1. The van der Waals surface area contributed by atoms with Crippen LogP contribution in [0, 0.1) is 5.92 Å². The molecule has 1 aromatic heterocycles. The number of aryl methyl sites for hydroxylation is 1. The van der Waals surface area contributed by atoms with Crippen LogP contribution >= 0.6 is 0 Å². The lowest BCUT2D eigenvalue weighted by molar-refractivity contribution is -0.135. The highest BCUT2D eigenvalue weighted by atomic mass is 16.2. The molecule has 0 saturated carbocycles. The number of aromatic nitrogens is 2. The number of amides is 1. The number of nitrogens with one attached hydrogen (secondary N) is 1. The molecule has 6 nitrogen and oxygen atoms in total. The minimum atomic E-state index is 0.0903. The van der Waals surface area contributed by atoms with Crippen molar-refractivity contribution in [3.63, 3.8) is 0 Å². The number of carbonyl (C=O) groups excluding carboxylic acids is 1. The number of hydrogen-bond donors (Lipinski definition) is 1. The van der Waals surface area contributed by atoms with Gasteiger partial charge in [0.1, 0.15) is 0 Å². The SMILES string of the molecule is CN1C[C@H](C(=O)N(C)Cc2n[nH]c3c2CCCCC3)CC[C@H](N(C)C)C1. The third-order valence-corrected chi connectivity index (χ3v) is 6.14. The molecule has 1 fully saturated rings. The van der Waals surface area contributed by atoms with E-state index in [4.69, 9.17) is 0 Å². The zero-order valence-corrected chi connectivity index (χ0v) is 16.9. The molecule has 3 rings (SSSR count). The van der Waals surface area contributed by atoms with Crippen LogP contribution in [0.15, 0.2) is 0 Å². The van der Waals surface area contributed by atoms with Crippen LogP contribution in [-0.2, 0) is 24.2 Å². The minimum absolute atomic E-state index is 0.0903. The van der Waals surface area contributed by atoms with Gasteiger partial charge in [-0.15, -0.1) is 0 Å². The van der Waals surface area contributed by atoms with Crippen LogP contribution in [0.1, 0.15) is 49.1 Å². The van der Waals surface area contributed by atoms with E-state index in [9.17, 15) is 4.79 Å². The van der Waals surface area contributed by atoms with E-state index in [-0.39, 0.29) is 11.8 Å². The number of rotatable bonds is 4. The summed E-state index contributed by atoms with van der Waals surface area (Å²) in [6.07, 6.45) is 8.01. The lowest BCUT2D eigenvalue weighted by Crippen LogP contribution is -2.39. The molecule has 0 radical (unpaired) electrons. The fourth-order valence-corrected chi connectivity index (χ4v) is 4.48. The lowest BCUT2D eigenvalue weighted by Gasteiger charge is -2.26. The Kier molecular flexibility index (Phi) is 6.35. The molecule has 0 spiro atoms. The predicted molar refractivity (Wildman–Crippen MR) is 104 cm³/mol. The molecule has 1 N–H and O–H groups in total. The van der Waals surface area contributed by atoms with Crippen LogP contribution < -0.4 is 0 Å². The van der Waals surface area contributed by atoms with Crippen LogP contribution in [-0.4, -0.2) is 78.1 Å². The van der Waals surface area contributed by atoms with Gasteiger partial charge < -0.3 is 14.7 Å². The van der Waals surface area contributed by atoms with Crippen LogP contribution in [0.5, 0.6) is 0 Å². The maximum absolute atomic E-state index is 13.1. The summed E-state index contributed by atoms with van der Waals surface area (Å²) in [7, 11) is 8.34. The van der Waals surface area contributed by atoms with E-state index in [1.807, 2.05) is 11.9 Å². The van der Waals surface area contributed by atoms with Crippen molar-refractivity contribution in [1.82, 2.24) is 24.9 Å². The molecule has 1 saturated heterocycles. The number of hydrogen-bond acceptors (Lipinski definition) is 4. The van der Waals surface area contributed by atoms with Gasteiger partial charge in [0.15, 0.2) is 0 Å². The number of nitrogens with zero attached hydrogens (tertiary/aromatic N) is 4. The molecule has 2 aliphatic rings. The Bertz CT molecular complexity index is 611. The van der Waals surface area contributed by atoms with Gasteiger partial charge in [0, 0.05) is 31.9 Å². The molecule has 1 aliphatic carbocycles. The summed E-state index contributed by atoms with van der Waals surface area (Å²) in [5.74, 6) is 0.356. The van der Waals surface area contributed by atoms with E-state index in [1.165, 1.54) is 30.5 Å². The van der Waals surface area contributed by atoms with Crippen molar-refractivity contribution in [1.29, 1.82) is 0 Å². The molecule has 2 atom stereocenters. The van der Waals surface area contributed by atoms with Gasteiger partial charge in [-0.1, -0.05) is 6.42 Å². The van der Waals surface area contributed by atoms with Crippen LogP contribution in [0.3, 0.4) is 0 Å². The first-order valence-electron chi connectivity index (χ1n) is 10.1. The van der Waals surface area contributed by atoms with Gasteiger partial charge in [-0.2, -0.15) is 5.10 Å². The molecule has 2 heterocycles. The van der Waals surface area contributed by atoms with Gasteiger partial charge in [0.25, 0.3) is 0 Å². The fraction of sp³-hybridized carbons (Fsp3) is 0.800. The molecule has 1 aliphatic heterocycles. The predicted octanol–water partition coefficient (Wildman–Crippen LogP) is 1.91. The molecule has 146 valence electrons. The first-order chi connectivity index (χ1) is 12.5. The minimum Gasteiger partial charge on any atom is -0.339 e. The Morgan fingerprint density at radius 1 is 1.15 bits per heavy atom. The summed E-state index contributed by atoms with van der Waals surface area (Å²) >= 11 is 0. The highest BCUT2D eigenvalue weighted by Crippen LogP contribution is 2.24. The number of likely N-dealkylation sites (tertiary alicyclic amines) is 1. The van der Waals surface area contributed by atoms with E-state index < -0.39 is 0 Å². The molecule has 26 heavy (non-hydrogen) atoms. The second-order valence-corrected chi connectivity index (χ2v) is 8.50. The first-order valence-corrected chi connectivity index (χ1v) is 10.1. The number of fused-ring (bicyclic) bond motifs is 1. The third kappa shape index (κ3) is 4.46. The zero-order valence-electron chi connectivity index (χ0n) is 16.9. The summed E-state index contributed by atoms with van der Waals surface area (Å²) in [4.78, 5) is 19.6. The summed E-state index contributed by atoms with van der Waals surface area (Å²) in [5, 5.41) is 7.76. The van der Waals surface area contributed by atoms with Gasteiger partial charge in [-0.05, 0) is 65.2 Å². The van der Waals surface area contributed by atoms with Crippen molar-refractivity contribution in [3.05, 3.63) is 17.0 Å². The molecular weight excluding hydrogens is 326 g/mol. The second kappa shape index (κ2) is 8.53.